The van der Waals surface area contributed by atoms with Crippen molar-refractivity contribution >= 4 is 38.8 Å². The van der Waals surface area contributed by atoms with Crippen molar-refractivity contribution < 1.29 is 18.7 Å². The van der Waals surface area contributed by atoms with Gasteiger partial charge in [-0.2, -0.15) is 0 Å². The van der Waals surface area contributed by atoms with E-state index in [0.717, 1.165) is 9.37 Å². The number of halogens is 1. The Morgan fingerprint density at radius 1 is 1.10 bits per heavy atom. The van der Waals surface area contributed by atoms with Gasteiger partial charge >= 0.3 is 11.7 Å². The molecule has 146 valence electrons. The van der Waals surface area contributed by atoms with Gasteiger partial charge in [-0.3, -0.25) is 9.69 Å². The molecule has 0 bridgehead atoms. The van der Waals surface area contributed by atoms with Crippen LogP contribution in [0.5, 0.6) is 5.75 Å². The number of carbonyl (C=O) groups is 2. The number of amides is 3. The van der Waals surface area contributed by atoms with Crippen LogP contribution >= 0.6 is 15.9 Å². The van der Waals surface area contributed by atoms with Gasteiger partial charge in [-0.1, -0.05) is 34.1 Å². The number of hydrogen-bond donors (Lipinski definition) is 1. The first-order chi connectivity index (χ1) is 14.0. The molecular weight excluding hydrogens is 440 g/mol. The number of fused-ring (bicyclic) bond motifs is 3. The van der Waals surface area contributed by atoms with Gasteiger partial charge in [0.25, 0.3) is 5.91 Å². The molecule has 1 unspecified atom stereocenters. The van der Waals surface area contributed by atoms with E-state index in [1.165, 1.54) is 6.07 Å². The summed E-state index contributed by atoms with van der Waals surface area (Å²) in [5.74, 6) is 0.238. The summed E-state index contributed by atoms with van der Waals surface area (Å²) in [6.45, 7) is 0.294. The molecule has 1 spiro atoms. The molecular formula is C21H15BrN2O5. The third kappa shape index (κ3) is 2.74. The lowest BCUT2D eigenvalue weighted by Gasteiger charge is -2.33. The second-order valence-electron chi connectivity index (χ2n) is 7.05. The number of nitrogens with one attached hydrogen (secondary N) is 1. The summed E-state index contributed by atoms with van der Waals surface area (Å²) in [5.41, 5.74) is -0.105. The first-order valence-electron chi connectivity index (χ1n) is 9.07. The quantitative estimate of drug-likeness (QED) is 0.474. The maximum Gasteiger partial charge on any atom is 0.336 e. The number of para-hydroxylation sites is 1. The molecule has 29 heavy (non-hydrogen) atoms. The largest absolute Gasteiger partial charge is 0.493 e. The van der Waals surface area contributed by atoms with Crippen molar-refractivity contribution in [1.29, 1.82) is 0 Å². The predicted octanol–water partition coefficient (Wildman–Crippen LogP) is 3.29. The highest BCUT2D eigenvalue weighted by Gasteiger charge is 2.54. The standard InChI is InChI=1S/C21H15BrN2O5/c22-13-5-6-14-12(9-18(25)29-17(14)10-13)11-24-19(26)21(23-20(24)27)7-8-28-16-4-2-1-3-15(16)21/h1-6,9-10H,7-8,11H2,(H,23,27). The van der Waals surface area contributed by atoms with Crippen LogP contribution in [0.3, 0.4) is 0 Å². The van der Waals surface area contributed by atoms with Gasteiger partial charge in [-0.05, 0) is 29.8 Å². The van der Waals surface area contributed by atoms with Gasteiger partial charge < -0.3 is 14.5 Å². The van der Waals surface area contributed by atoms with Crippen molar-refractivity contribution in [3.8, 4) is 5.75 Å². The third-order valence-electron chi connectivity index (χ3n) is 5.38. The van der Waals surface area contributed by atoms with E-state index in [1.54, 1.807) is 24.3 Å². The highest BCUT2D eigenvalue weighted by molar-refractivity contribution is 9.10. The molecule has 0 radical (unpaired) electrons. The summed E-state index contributed by atoms with van der Waals surface area (Å²) < 4.78 is 11.7. The molecule has 2 aliphatic heterocycles. The highest BCUT2D eigenvalue weighted by Crippen LogP contribution is 2.41. The van der Waals surface area contributed by atoms with Crippen molar-refractivity contribution in [1.82, 2.24) is 10.2 Å². The fraction of sp³-hybridized carbons (Fsp3) is 0.190. The lowest BCUT2D eigenvalue weighted by molar-refractivity contribution is -0.133. The smallest absolute Gasteiger partial charge is 0.336 e. The number of benzene rings is 2. The average Bonchev–Trinajstić information content (AvgIpc) is 2.92. The van der Waals surface area contributed by atoms with E-state index in [1.807, 2.05) is 18.2 Å². The molecule has 8 heteroatoms. The SMILES string of the molecule is O=C1NC2(CCOc3ccccc32)C(=O)N1Cc1cc(=O)oc2cc(Br)ccc12. The van der Waals surface area contributed by atoms with Gasteiger partial charge in [-0.25, -0.2) is 9.59 Å². The minimum atomic E-state index is -1.15. The molecule has 5 rings (SSSR count). The molecule has 1 saturated heterocycles. The zero-order chi connectivity index (χ0) is 20.2. The third-order valence-corrected chi connectivity index (χ3v) is 5.87. The van der Waals surface area contributed by atoms with Crippen molar-refractivity contribution in [2.45, 2.75) is 18.5 Å². The second kappa shape index (κ2) is 6.45. The molecule has 0 saturated carbocycles. The van der Waals surface area contributed by atoms with E-state index in [0.29, 0.717) is 40.9 Å². The lowest BCUT2D eigenvalue weighted by Crippen LogP contribution is -2.47. The molecule has 3 aromatic rings. The van der Waals surface area contributed by atoms with Crippen molar-refractivity contribution in [3.63, 3.8) is 0 Å². The molecule has 1 fully saturated rings. The first-order valence-corrected chi connectivity index (χ1v) is 9.86. The van der Waals surface area contributed by atoms with E-state index in [4.69, 9.17) is 9.15 Å². The molecule has 3 amide bonds. The van der Waals surface area contributed by atoms with Crippen molar-refractivity contribution in [2.24, 2.45) is 0 Å². The maximum absolute atomic E-state index is 13.4. The van der Waals surface area contributed by atoms with Gasteiger partial charge in [0.1, 0.15) is 11.3 Å². The Balaban J connectivity index is 1.56. The summed E-state index contributed by atoms with van der Waals surface area (Å²) in [7, 11) is 0. The fourth-order valence-corrected chi connectivity index (χ4v) is 4.36. The van der Waals surface area contributed by atoms with Crippen LogP contribution in [0.15, 0.2) is 62.2 Å². The zero-order valence-electron chi connectivity index (χ0n) is 15.1. The van der Waals surface area contributed by atoms with Crippen LogP contribution in [-0.2, 0) is 16.9 Å². The molecule has 2 aliphatic rings. The van der Waals surface area contributed by atoms with E-state index < -0.39 is 17.2 Å². The maximum atomic E-state index is 13.4. The molecule has 3 heterocycles. The summed E-state index contributed by atoms with van der Waals surface area (Å²) in [6, 6.07) is 13.3. The lowest BCUT2D eigenvalue weighted by atomic mass is 9.84. The van der Waals surface area contributed by atoms with E-state index in [-0.39, 0.29) is 12.5 Å². The topological polar surface area (TPSA) is 88.9 Å². The van der Waals surface area contributed by atoms with Crippen LogP contribution < -0.4 is 15.7 Å². The van der Waals surface area contributed by atoms with E-state index in [2.05, 4.69) is 21.2 Å². The first kappa shape index (κ1) is 17.9. The minimum Gasteiger partial charge on any atom is -0.493 e. The Bertz CT molecular complexity index is 1240. The Hall–Kier alpha value is -3.13. The number of urea groups is 1. The van der Waals surface area contributed by atoms with Crippen LogP contribution in [0, 0.1) is 0 Å². The Kier molecular flexibility index (Phi) is 3.99. The Morgan fingerprint density at radius 3 is 2.79 bits per heavy atom. The van der Waals surface area contributed by atoms with Crippen LogP contribution in [0.1, 0.15) is 17.5 Å². The number of ether oxygens (including phenoxy) is 1. The van der Waals surface area contributed by atoms with Gasteiger partial charge in [-0.15, -0.1) is 0 Å². The summed E-state index contributed by atoms with van der Waals surface area (Å²) in [6.07, 6.45) is 0.343. The van der Waals surface area contributed by atoms with Gasteiger partial charge in [0.2, 0.25) is 0 Å². The van der Waals surface area contributed by atoms with E-state index in [9.17, 15) is 14.4 Å². The minimum absolute atomic E-state index is 0.0286. The van der Waals surface area contributed by atoms with Crippen LogP contribution in [0.2, 0.25) is 0 Å². The Labute approximate surface area is 173 Å². The Morgan fingerprint density at radius 2 is 1.93 bits per heavy atom. The molecule has 1 aromatic heterocycles. The average molecular weight is 455 g/mol. The predicted molar refractivity (Wildman–Crippen MR) is 107 cm³/mol. The van der Waals surface area contributed by atoms with Crippen molar-refractivity contribution in [2.75, 3.05) is 6.61 Å². The molecule has 0 aliphatic carbocycles. The van der Waals surface area contributed by atoms with E-state index >= 15 is 0 Å². The molecule has 7 nitrogen and oxygen atoms in total. The van der Waals surface area contributed by atoms with Crippen molar-refractivity contribution in [3.05, 3.63) is 74.6 Å². The monoisotopic (exact) mass is 454 g/mol. The summed E-state index contributed by atoms with van der Waals surface area (Å²) in [5, 5.41) is 3.53. The number of nitrogens with zero attached hydrogens (tertiary/aromatic N) is 1. The normalized spacial score (nSPS) is 20.7. The number of carbonyl (C=O) groups excluding carboxylic acids is 2. The van der Waals surface area contributed by atoms with Gasteiger partial charge in [0.05, 0.1) is 13.2 Å². The summed E-state index contributed by atoms with van der Waals surface area (Å²) in [4.78, 5) is 39.4. The van der Waals surface area contributed by atoms with Crippen LogP contribution in [0.4, 0.5) is 4.79 Å². The molecule has 1 atom stereocenters. The number of hydrogen-bond acceptors (Lipinski definition) is 5. The molecule has 2 aromatic carbocycles. The summed E-state index contributed by atoms with van der Waals surface area (Å²) >= 11 is 3.35. The van der Waals surface area contributed by atoms with Gasteiger partial charge in [0.15, 0.2) is 5.54 Å². The fourth-order valence-electron chi connectivity index (χ4n) is 4.02. The molecule has 1 N–H and O–H groups in total. The van der Waals surface area contributed by atoms with Crippen LogP contribution in [-0.4, -0.2) is 23.4 Å². The number of rotatable bonds is 2. The zero-order valence-corrected chi connectivity index (χ0v) is 16.7. The second-order valence-corrected chi connectivity index (χ2v) is 7.97. The van der Waals surface area contributed by atoms with Gasteiger partial charge in [0, 0.05) is 27.9 Å². The van der Waals surface area contributed by atoms with Crippen LogP contribution in [0.25, 0.3) is 11.0 Å². The number of imide groups is 1. The highest BCUT2D eigenvalue weighted by atomic mass is 79.9.